The number of benzene rings is 2. The molecule has 1 atom stereocenters. The Morgan fingerprint density at radius 3 is 2.70 bits per heavy atom. The van der Waals surface area contributed by atoms with Crippen molar-refractivity contribution < 1.29 is 9.47 Å². The van der Waals surface area contributed by atoms with Crippen LogP contribution >= 0.6 is 23.4 Å². The lowest BCUT2D eigenvalue weighted by Gasteiger charge is -2.13. The number of hydrogen-bond donors (Lipinski definition) is 0. The molecule has 3 aromatic rings. The largest absolute Gasteiger partial charge is 0.497 e. The Morgan fingerprint density at radius 1 is 1.19 bits per heavy atom. The second kappa shape index (κ2) is 8.33. The van der Waals surface area contributed by atoms with Crippen LogP contribution in [0.25, 0.3) is 17.1 Å². The molecule has 1 aromatic heterocycles. The molecular formula is C20H20ClN3O2S. The Bertz CT molecular complexity index is 908. The van der Waals surface area contributed by atoms with Crippen molar-refractivity contribution in [3.8, 4) is 22.8 Å². The van der Waals surface area contributed by atoms with Crippen LogP contribution in [0.2, 0.25) is 5.02 Å². The monoisotopic (exact) mass is 401 g/mol. The molecule has 2 heterocycles. The maximum Gasteiger partial charge on any atom is 0.196 e. The minimum Gasteiger partial charge on any atom is -0.497 e. The standard InChI is InChI=1S/C20H20ClN3O2S/c1-25-15-10-8-14(9-11-15)24-19(17-6-2-3-7-18(17)21)22-23-20(24)27-13-16-5-4-12-26-16/h2-3,6-11,16H,4-5,12-13H2,1H3/t16-/m0/s1. The molecule has 1 saturated heterocycles. The Morgan fingerprint density at radius 2 is 2.00 bits per heavy atom. The molecule has 0 bridgehead atoms. The summed E-state index contributed by atoms with van der Waals surface area (Å²) in [6.45, 7) is 0.848. The maximum absolute atomic E-state index is 6.43. The van der Waals surface area contributed by atoms with Gasteiger partial charge in [-0.3, -0.25) is 4.57 Å². The van der Waals surface area contributed by atoms with Crippen LogP contribution in [0.1, 0.15) is 12.8 Å². The van der Waals surface area contributed by atoms with Gasteiger partial charge in [0.25, 0.3) is 0 Å². The van der Waals surface area contributed by atoms with Gasteiger partial charge in [-0.1, -0.05) is 35.5 Å². The minimum atomic E-state index is 0.278. The molecule has 1 aliphatic heterocycles. The van der Waals surface area contributed by atoms with Gasteiger partial charge in [0.15, 0.2) is 11.0 Å². The van der Waals surface area contributed by atoms with Gasteiger partial charge in [0.2, 0.25) is 0 Å². The zero-order chi connectivity index (χ0) is 18.6. The van der Waals surface area contributed by atoms with E-state index in [0.717, 1.165) is 53.2 Å². The normalized spacial score (nSPS) is 16.6. The van der Waals surface area contributed by atoms with E-state index in [0.29, 0.717) is 5.02 Å². The zero-order valence-electron chi connectivity index (χ0n) is 15.0. The third kappa shape index (κ3) is 3.98. The Kier molecular flexibility index (Phi) is 5.66. The fraction of sp³-hybridized carbons (Fsp3) is 0.300. The molecule has 27 heavy (non-hydrogen) atoms. The van der Waals surface area contributed by atoms with Crippen molar-refractivity contribution >= 4 is 23.4 Å². The van der Waals surface area contributed by atoms with Crippen molar-refractivity contribution in [3.05, 3.63) is 53.6 Å². The van der Waals surface area contributed by atoms with Gasteiger partial charge in [-0.15, -0.1) is 10.2 Å². The lowest BCUT2D eigenvalue weighted by molar-refractivity contribution is 0.129. The highest BCUT2D eigenvalue weighted by atomic mass is 35.5. The van der Waals surface area contributed by atoms with E-state index in [9.17, 15) is 0 Å². The predicted molar refractivity (Wildman–Crippen MR) is 108 cm³/mol. The summed E-state index contributed by atoms with van der Waals surface area (Å²) in [7, 11) is 1.66. The first-order valence-electron chi connectivity index (χ1n) is 8.85. The van der Waals surface area contributed by atoms with E-state index < -0.39 is 0 Å². The molecule has 140 valence electrons. The second-order valence-corrected chi connectivity index (χ2v) is 7.66. The van der Waals surface area contributed by atoms with E-state index in [2.05, 4.69) is 10.2 Å². The first-order chi connectivity index (χ1) is 13.3. The third-order valence-electron chi connectivity index (χ3n) is 4.50. The van der Waals surface area contributed by atoms with E-state index in [1.807, 2.05) is 53.1 Å². The summed E-state index contributed by atoms with van der Waals surface area (Å²) >= 11 is 8.09. The number of hydrogen-bond acceptors (Lipinski definition) is 5. The molecule has 5 nitrogen and oxygen atoms in total. The van der Waals surface area contributed by atoms with Crippen LogP contribution in [-0.4, -0.2) is 40.3 Å². The molecule has 0 N–H and O–H groups in total. The number of nitrogens with zero attached hydrogens (tertiary/aromatic N) is 3. The van der Waals surface area contributed by atoms with Crippen LogP contribution in [0.3, 0.4) is 0 Å². The number of thioether (sulfide) groups is 1. The first kappa shape index (κ1) is 18.3. The zero-order valence-corrected chi connectivity index (χ0v) is 16.5. The smallest absolute Gasteiger partial charge is 0.196 e. The topological polar surface area (TPSA) is 49.2 Å². The molecule has 4 rings (SSSR count). The third-order valence-corrected chi connectivity index (χ3v) is 5.89. The molecular weight excluding hydrogens is 382 g/mol. The number of methoxy groups -OCH3 is 1. The highest BCUT2D eigenvalue weighted by Crippen LogP contribution is 2.33. The molecule has 0 saturated carbocycles. The van der Waals surface area contributed by atoms with Crippen molar-refractivity contribution in [2.75, 3.05) is 19.5 Å². The molecule has 0 amide bonds. The number of ether oxygens (including phenoxy) is 2. The number of rotatable bonds is 6. The van der Waals surface area contributed by atoms with Gasteiger partial charge in [0, 0.05) is 23.6 Å². The van der Waals surface area contributed by atoms with Crippen LogP contribution in [-0.2, 0) is 4.74 Å². The highest BCUT2D eigenvalue weighted by Gasteiger charge is 2.21. The van der Waals surface area contributed by atoms with Gasteiger partial charge >= 0.3 is 0 Å². The maximum atomic E-state index is 6.43. The molecule has 1 fully saturated rings. The summed E-state index contributed by atoms with van der Waals surface area (Å²) in [5.74, 6) is 2.39. The van der Waals surface area contributed by atoms with Gasteiger partial charge in [-0.05, 0) is 49.2 Å². The fourth-order valence-corrected chi connectivity index (χ4v) is 4.33. The van der Waals surface area contributed by atoms with E-state index in [-0.39, 0.29) is 6.10 Å². The van der Waals surface area contributed by atoms with Gasteiger partial charge in [-0.25, -0.2) is 0 Å². The number of aromatic nitrogens is 3. The lowest BCUT2D eigenvalue weighted by Crippen LogP contribution is -2.09. The summed E-state index contributed by atoms with van der Waals surface area (Å²) < 4.78 is 13.1. The summed E-state index contributed by atoms with van der Waals surface area (Å²) in [6, 6.07) is 15.5. The predicted octanol–water partition coefficient (Wildman–Crippen LogP) is 4.87. The van der Waals surface area contributed by atoms with Gasteiger partial charge in [-0.2, -0.15) is 0 Å². The second-order valence-electron chi connectivity index (χ2n) is 6.27. The van der Waals surface area contributed by atoms with E-state index in [1.165, 1.54) is 0 Å². The Balaban J connectivity index is 1.73. The molecule has 1 aliphatic rings. The Hall–Kier alpha value is -2.02. The van der Waals surface area contributed by atoms with Crippen molar-refractivity contribution in [2.45, 2.75) is 24.1 Å². The van der Waals surface area contributed by atoms with Crippen molar-refractivity contribution in [1.29, 1.82) is 0 Å². The molecule has 0 unspecified atom stereocenters. The quantitative estimate of drug-likeness (QED) is 0.551. The minimum absolute atomic E-state index is 0.278. The van der Waals surface area contributed by atoms with Crippen LogP contribution in [0, 0.1) is 0 Å². The summed E-state index contributed by atoms with van der Waals surface area (Å²) in [5.41, 5.74) is 1.82. The summed E-state index contributed by atoms with van der Waals surface area (Å²) in [6.07, 6.45) is 2.50. The van der Waals surface area contributed by atoms with Gasteiger partial charge in [0.05, 0.1) is 18.2 Å². The van der Waals surface area contributed by atoms with Crippen molar-refractivity contribution in [1.82, 2.24) is 14.8 Å². The van der Waals surface area contributed by atoms with Crippen LogP contribution in [0.5, 0.6) is 5.75 Å². The SMILES string of the molecule is COc1ccc(-n2c(SC[C@@H]3CCCO3)nnc2-c2ccccc2Cl)cc1. The van der Waals surface area contributed by atoms with E-state index in [1.54, 1.807) is 18.9 Å². The van der Waals surface area contributed by atoms with E-state index >= 15 is 0 Å². The van der Waals surface area contributed by atoms with Crippen molar-refractivity contribution in [3.63, 3.8) is 0 Å². The highest BCUT2D eigenvalue weighted by molar-refractivity contribution is 7.99. The first-order valence-corrected chi connectivity index (χ1v) is 10.2. The Labute approximate surface area is 167 Å². The molecule has 0 aliphatic carbocycles. The van der Waals surface area contributed by atoms with E-state index in [4.69, 9.17) is 21.1 Å². The molecule has 7 heteroatoms. The van der Waals surface area contributed by atoms with Crippen molar-refractivity contribution in [2.24, 2.45) is 0 Å². The van der Waals surface area contributed by atoms with Crippen LogP contribution < -0.4 is 4.74 Å². The number of halogens is 1. The molecule has 0 spiro atoms. The average molecular weight is 402 g/mol. The average Bonchev–Trinajstić information content (AvgIpc) is 3.36. The van der Waals surface area contributed by atoms with Crippen LogP contribution in [0.4, 0.5) is 0 Å². The molecule has 2 aromatic carbocycles. The van der Waals surface area contributed by atoms with Crippen LogP contribution in [0.15, 0.2) is 53.7 Å². The summed E-state index contributed by atoms with van der Waals surface area (Å²) in [4.78, 5) is 0. The van der Waals surface area contributed by atoms with Gasteiger partial charge < -0.3 is 9.47 Å². The van der Waals surface area contributed by atoms with Gasteiger partial charge in [0.1, 0.15) is 5.75 Å². The molecule has 0 radical (unpaired) electrons. The lowest BCUT2D eigenvalue weighted by atomic mass is 10.2. The fourth-order valence-electron chi connectivity index (χ4n) is 3.09. The summed E-state index contributed by atoms with van der Waals surface area (Å²) in [5, 5.41) is 10.4.